The number of hydrogen-bond donors (Lipinski definition) is 1. The Morgan fingerprint density at radius 2 is 1.22 bits per heavy atom. The van der Waals surface area contributed by atoms with Crippen LogP contribution in [0.5, 0.6) is 0 Å². The van der Waals surface area contributed by atoms with E-state index in [-0.39, 0.29) is 30.0 Å². The van der Waals surface area contributed by atoms with Gasteiger partial charge >= 0.3 is 18.9 Å². The van der Waals surface area contributed by atoms with Gasteiger partial charge in [0.25, 0.3) is 0 Å². The molecule has 0 amide bonds. The van der Waals surface area contributed by atoms with E-state index in [1.165, 1.54) is 0 Å². The maximum atomic E-state index is 11.3. The SMILES string of the molecule is O=C([O-])C(O)(c1ccccc1)c1ccccc1.[Li+]. The van der Waals surface area contributed by atoms with Crippen molar-refractivity contribution >= 4 is 5.97 Å². The zero-order valence-corrected chi connectivity index (χ0v) is 10.0. The standard InChI is InChI=1S/C14H12O3.Li/c15-13(16)14(17,11-7-3-1-4-8-11)12-9-5-2-6-10-12;/h1-10,17H,(H,15,16);/q;+1/p-1. The number of benzene rings is 2. The number of carboxylic acids is 1. The van der Waals surface area contributed by atoms with Crippen LogP contribution in [0.4, 0.5) is 0 Å². The number of carbonyl (C=O) groups excluding carboxylic acids is 1. The fourth-order valence-corrected chi connectivity index (χ4v) is 1.76. The van der Waals surface area contributed by atoms with Crippen LogP contribution in [0.25, 0.3) is 0 Å². The van der Waals surface area contributed by atoms with Crippen molar-refractivity contribution in [3.63, 3.8) is 0 Å². The quantitative estimate of drug-likeness (QED) is 0.606. The maximum Gasteiger partial charge on any atom is 1.00 e. The van der Waals surface area contributed by atoms with E-state index in [2.05, 4.69) is 0 Å². The molecule has 0 bridgehead atoms. The summed E-state index contributed by atoms with van der Waals surface area (Å²) in [6, 6.07) is 16.4. The first-order valence-electron chi connectivity index (χ1n) is 5.20. The number of hydrogen-bond acceptors (Lipinski definition) is 3. The molecule has 0 unspecified atom stereocenters. The van der Waals surface area contributed by atoms with Gasteiger partial charge in [0.2, 0.25) is 0 Å². The molecule has 0 saturated carbocycles. The summed E-state index contributed by atoms with van der Waals surface area (Å²) in [7, 11) is 0. The number of rotatable bonds is 3. The van der Waals surface area contributed by atoms with Gasteiger partial charge in [-0.25, -0.2) is 0 Å². The van der Waals surface area contributed by atoms with Crippen LogP contribution in [0.3, 0.4) is 0 Å². The van der Waals surface area contributed by atoms with Crippen LogP contribution in [0, 0.1) is 0 Å². The molecular formula is C14H11LiO3. The first-order chi connectivity index (χ1) is 8.15. The molecule has 0 aliphatic heterocycles. The fraction of sp³-hybridized carbons (Fsp3) is 0.0714. The van der Waals surface area contributed by atoms with E-state index in [9.17, 15) is 15.0 Å². The largest absolute Gasteiger partial charge is 1.00 e. The van der Waals surface area contributed by atoms with Crippen molar-refractivity contribution in [3.8, 4) is 0 Å². The second-order valence-corrected chi connectivity index (χ2v) is 3.73. The molecule has 0 saturated heterocycles. The average molecular weight is 234 g/mol. The first-order valence-corrected chi connectivity index (χ1v) is 5.20. The Hall–Kier alpha value is -1.53. The van der Waals surface area contributed by atoms with Gasteiger partial charge in [0.05, 0.1) is 5.97 Å². The Balaban J connectivity index is 0.00000162. The van der Waals surface area contributed by atoms with Gasteiger partial charge in [-0.2, -0.15) is 0 Å². The molecule has 2 rings (SSSR count). The molecule has 86 valence electrons. The van der Waals surface area contributed by atoms with Gasteiger partial charge in [0, 0.05) is 0 Å². The predicted molar refractivity (Wildman–Crippen MR) is 60.9 cm³/mol. The van der Waals surface area contributed by atoms with Gasteiger partial charge < -0.3 is 15.0 Å². The number of aliphatic carboxylic acids is 1. The van der Waals surface area contributed by atoms with E-state index in [4.69, 9.17) is 0 Å². The van der Waals surface area contributed by atoms with Crippen LogP contribution in [0.1, 0.15) is 11.1 Å². The van der Waals surface area contributed by atoms with Crippen LogP contribution in [-0.2, 0) is 10.4 Å². The Morgan fingerprint density at radius 3 is 1.50 bits per heavy atom. The molecule has 3 nitrogen and oxygen atoms in total. The second kappa shape index (κ2) is 5.88. The molecule has 0 fully saturated rings. The summed E-state index contributed by atoms with van der Waals surface area (Å²) in [5.74, 6) is -1.53. The second-order valence-electron chi connectivity index (χ2n) is 3.73. The van der Waals surface area contributed by atoms with Crippen LogP contribution < -0.4 is 24.0 Å². The van der Waals surface area contributed by atoms with Gasteiger partial charge in [-0.15, -0.1) is 0 Å². The Morgan fingerprint density at radius 1 is 0.889 bits per heavy atom. The van der Waals surface area contributed by atoms with E-state index in [1.807, 2.05) is 0 Å². The zero-order valence-electron chi connectivity index (χ0n) is 10.0. The molecule has 0 aliphatic carbocycles. The molecule has 2 aromatic rings. The Labute approximate surface area is 117 Å². The summed E-state index contributed by atoms with van der Waals surface area (Å²) in [5, 5.41) is 21.6. The van der Waals surface area contributed by atoms with Gasteiger partial charge in [-0.3, -0.25) is 0 Å². The summed E-state index contributed by atoms with van der Waals surface area (Å²) in [6.07, 6.45) is 0. The van der Waals surface area contributed by atoms with Crippen molar-refractivity contribution in [1.82, 2.24) is 0 Å². The van der Waals surface area contributed by atoms with Crippen LogP contribution in [-0.4, -0.2) is 11.1 Å². The van der Waals surface area contributed by atoms with Gasteiger partial charge in [-0.1, -0.05) is 60.7 Å². The monoisotopic (exact) mass is 234 g/mol. The molecule has 1 N–H and O–H groups in total. The molecule has 4 heteroatoms. The molecule has 18 heavy (non-hydrogen) atoms. The van der Waals surface area contributed by atoms with Crippen molar-refractivity contribution in [2.24, 2.45) is 0 Å². The normalized spacial score (nSPS) is 10.5. The summed E-state index contributed by atoms with van der Waals surface area (Å²) in [6.45, 7) is 0. The van der Waals surface area contributed by atoms with Crippen LogP contribution in [0.15, 0.2) is 60.7 Å². The first kappa shape index (κ1) is 14.5. The summed E-state index contributed by atoms with van der Waals surface area (Å²) < 4.78 is 0. The molecule has 0 heterocycles. The topological polar surface area (TPSA) is 60.4 Å². The number of aliphatic hydroxyl groups is 1. The molecule has 0 radical (unpaired) electrons. The van der Waals surface area contributed by atoms with Crippen molar-refractivity contribution in [1.29, 1.82) is 0 Å². The number of carbonyl (C=O) groups is 1. The number of carboxylic acid groups (broad SMARTS) is 1. The van der Waals surface area contributed by atoms with Crippen molar-refractivity contribution in [3.05, 3.63) is 71.8 Å². The third-order valence-electron chi connectivity index (χ3n) is 2.68. The van der Waals surface area contributed by atoms with E-state index >= 15 is 0 Å². The van der Waals surface area contributed by atoms with Crippen molar-refractivity contribution in [2.75, 3.05) is 0 Å². The minimum Gasteiger partial charge on any atom is -0.546 e. The molecular weight excluding hydrogens is 223 g/mol. The third kappa shape index (κ3) is 2.49. The minimum absolute atomic E-state index is 0. The van der Waals surface area contributed by atoms with Gasteiger partial charge in [0.1, 0.15) is 0 Å². The summed E-state index contributed by atoms with van der Waals surface area (Å²) in [4.78, 5) is 11.3. The van der Waals surface area contributed by atoms with Crippen molar-refractivity contribution in [2.45, 2.75) is 5.60 Å². The smallest absolute Gasteiger partial charge is 0.546 e. The summed E-state index contributed by atoms with van der Waals surface area (Å²) in [5.41, 5.74) is -1.54. The molecule has 0 spiro atoms. The van der Waals surface area contributed by atoms with Crippen LogP contribution >= 0.6 is 0 Å². The molecule has 2 aromatic carbocycles. The zero-order chi connectivity index (χ0) is 12.3. The molecule has 0 atom stereocenters. The third-order valence-corrected chi connectivity index (χ3v) is 2.68. The maximum absolute atomic E-state index is 11.3. The fourth-order valence-electron chi connectivity index (χ4n) is 1.76. The van der Waals surface area contributed by atoms with Crippen LogP contribution in [0.2, 0.25) is 0 Å². The van der Waals surface area contributed by atoms with E-state index in [0.717, 1.165) is 0 Å². The Bertz CT molecular complexity index is 472. The van der Waals surface area contributed by atoms with E-state index in [1.54, 1.807) is 60.7 Å². The average Bonchev–Trinajstić information content (AvgIpc) is 2.39. The predicted octanol–water partition coefficient (Wildman–Crippen LogP) is -2.32. The summed E-state index contributed by atoms with van der Waals surface area (Å²) >= 11 is 0. The molecule has 0 aliphatic rings. The van der Waals surface area contributed by atoms with Gasteiger partial charge in [-0.05, 0) is 11.1 Å². The minimum atomic E-state index is -2.11. The van der Waals surface area contributed by atoms with Crippen molar-refractivity contribution < 1.29 is 33.9 Å². The molecule has 0 aromatic heterocycles. The van der Waals surface area contributed by atoms with Gasteiger partial charge in [0.15, 0.2) is 5.60 Å². The Kier molecular flexibility index (Phi) is 4.74. The van der Waals surface area contributed by atoms with E-state index in [0.29, 0.717) is 0 Å². The van der Waals surface area contributed by atoms with E-state index < -0.39 is 11.6 Å².